The summed E-state index contributed by atoms with van der Waals surface area (Å²) in [5.74, 6) is 3.10. The summed E-state index contributed by atoms with van der Waals surface area (Å²) < 4.78 is 0. The molecule has 1 aromatic rings. The average Bonchev–Trinajstić information content (AvgIpc) is 2.56. The molecule has 0 spiro atoms. The molecule has 0 fully saturated rings. The number of carbonyl (C=O) groups is 1. The summed E-state index contributed by atoms with van der Waals surface area (Å²) in [6.07, 6.45) is 6.12. The summed E-state index contributed by atoms with van der Waals surface area (Å²) in [6.45, 7) is 4.62. The minimum atomic E-state index is 0. The molecule has 0 bridgehead atoms. The van der Waals surface area contributed by atoms with E-state index in [0.717, 1.165) is 19.5 Å². The first kappa shape index (κ1) is 19.3. The number of hydrogen-bond donors (Lipinski definition) is 2. The van der Waals surface area contributed by atoms with Gasteiger partial charge >= 0.3 is 0 Å². The van der Waals surface area contributed by atoms with Crippen molar-refractivity contribution >= 4 is 35.8 Å². The average molecular weight is 426 g/mol. The summed E-state index contributed by atoms with van der Waals surface area (Å²) in [4.78, 5) is 18.5. The van der Waals surface area contributed by atoms with Crippen LogP contribution < -0.4 is 10.6 Å². The van der Waals surface area contributed by atoms with Crippen LogP contribution in [0.5, 0.6) is 0 Å². The van der Waals surface area contributed by atoms with E-state index in [4.69, 9.17) is 6.42 Å². The number of nitrogens with one attached hydrogen (secondary N) is 2. The van der Waals surface area contributed by atoms with Crippen LogP contribution in [0.3, 0.4) is 0 Å². The standard InChI is InChI=1S/C17H22N4O.HI/c1-3-10-19-17(18-4-2)20-12-16(22)21-11-9-14-7-5-6-8-15(14)13-21;/h1,5-8H,4,9-13H2,2H3,(H2,18,19,20);1H. The number of aliphatic imine (C=N–C) groups is 1. The second kappa shape index (κ2) is 10.1. The van der Waals surface area contributed by atoms with Crippen LogP contribution in [0.25, 0.3) is 0 Å². The van der Waals surface area contributed by atoms with Crippen molar-refractivity contribution in [2.45, 2.75) is 19.9 Å². The molecule has 1 aliphatic heterocycles. The molecular weight excluding hydrogens is 403 g/mol. The van der Waals surface area contributed by atoms with Gasteiger partial charge in [-0.25, -0.2) is 4.99 Å². The maximum absolute atomic E-state index is 12.3. The molecule has 2 N–H and O–H groups in total. The predicted octanol–water partition coefficient (Wildman–Crippen LogP) is 1.38. The predicted molar refractivity (Wildman–Crippen MR) is 104 cm³/mol. The number of carbonyl (C=O) groups excluding carboxylic acids is 1. The summed E-state index contributed by atoms with van der Waals surface area (Å²) in [6, 6.07) is 8.26. The molecule has 0 unspecified atom stereocenters. The summed E-state index contributed by atoms with van der Waals surface area (Å²) in [7, 11) is 0. The van der Waals surface area contributed by atoms with E-state index in [2.05, 4.69) is 33.7 Å². The van der Waals surface area contributed by atoms with Crippen LogP contribution in [0, 0.1) is 12.3 Å². The lowest BCUT2D eigenvalue weighted by atomic mass is 10.00. The first-order valence-corrected chi connectivity index (χ1v) is 7.54. The Morgan fingerprint density at radius 2 is 2.09 bits per heavy atom. The van der Waals surface area contributed by atoms with E-state index >= 15 is 0 Å². The van der Waals surface area contributed by atoms with Crippen molar-refractivity contribution in [3.63, 3.8) is 0 Å². The summed E-state index contributed by atoms with van der Waals surface area (Å²) in [5.41, 5.74) is 2.56. The molecule has 0 saturated carbocycles. The van der Waals surface area contributed by atoms with E-state index in [-0.39, 0.29) is 36.4 Å². The fourth-order valence-corrected chi connectivity index (χ4v) is 2.43. The minimum Gasteiger partial charge on any atom is -0.357 e. The molecule has 1 heterocycles. The number of amides is 1. The highest BCUT2D eigenvalue weighted by Crippen LogP contribution is 2.18. The number of fused-ring (bicyclic) bond motifs is 1. The van der Waals surface area contributed by atoms with Gasteiger partial charge in [0.15, 0.2) is 5.96 Å². The van der Waals surface area contributed by atoms with Crippen molar-refractivity contribution in [3.8, 4) is 12.3 Å². The molecule has 124 valence electrons. The Morgan fingerprint density at radius 3 is 2.78 bits per heavy atom. The quantitative estimate of drug-likeness (QED) is 0.331. The van der Waals surface area contributed by atoms with Gasteiger partial charge in [-0.1, -0.05) is 30.2 Å². The molecule has 0 radical (unpaired) electrons. The van der Waals surface area contributed by atoms with Crippen LogP contribution in [-0.2, 0) is 17.8 Å². The normalized spacial score (nSPS) is 13.4. The van der Waals surface area contributed by atoms with Crippen LogP contribution >= 0.6 is 24.0 Å². The van der Waals surface area contributed by atoms with Crippen molar-refractivity contribution in [2.24, 2.45) is 4.99 Å². The third-order valence-electron chi connectivity index (χ3n) is 3.56. The van der Waals surface area contributed by atoms with Gasteiger partial charge in [-0.15, -0.1) is 30.4 Å². The zero-order valence-electron chi connectivity index (χ0n) is 13.3. The molecule has 5 nitrogen and oxygen atoms in total. The maximum Gasteiger partial charge on any atom is 0.244 e. The van der Waals surface area contributed by atoms with Crippen molar-refractivity contribution < 1.29 is 4.79 Å². The number of terminal acetylenes is 1. The number of guanidine groups is 1. The van der Waals surface area contributed by atoms with Gasteiger partial charge < -0.3 is 15.5 Å². The molecule has 6 heteroatoms. The molecule has 0 aromatic heterocycles. The Bertz CT molecular complexity index is 595. The summed E-state index contributed by atoms with van der Waals surface area (Å²) in [5, 5.41) is 6.04. The first-order valence-electron chi connectivity index (χ1n) is 7.54. The van der Waals surface area contributed by atoms with Gasteiger partial charge in [0.25, 0.3) is 0 Å². The van der Waals surface area contributed by atoms with Gasteiger partial charge in [-0.2, -0.15) is 0 Å². The fraction of sp³-hybridized carbons (Fsp3) is 0.412. The molecule has 0 aliphatic carbocycles. The van der Waals surface area contributed by atoms with E-state index in [1.165, 1.54) is 11.1 Å². The maximum atomic E-state index is 12.3. The number of hydrogen-bond acceptors (Lipinski definition) is 2. The van der Waals surface area contributed by atoms with Crippen molar-refractivity contribution in [1.82, 2.24) is 15.5 Å². The Labute approximate surface area is 154 Å². The molecule has 2 rings (SSSR count). The highest BCUT2D eigenvalue weighted by molar-refractivity contribution is 14.0. The molecule has 0 saturated heterocycles. The van der Waals surface area contributed by atoms with Gasteiger partial charge in [0, 0.05) is 19.6 Å². The Hall–Kier alpha value is -1.75. The van der Waals surface area contributed by atoms with Crippen LogP contribution in [0.2, 0.25) is 0 Å². The monoisotopic (exact) mass is 426 g/mol. The van der Waals surface area contributed by atoms with Gasteiger partial charge in [0.2, 0.25) is 5.91 Å². The second-order valence-corrected chi connectivity index (χ2v) is 5.09. The van der Waals surface area contributed by atoms with Crippen LogP contribution in [0.1, 0.15) is 18.1 Å². The third-order valence-corrected chi connectivity index (χ3v) is 3.56. The smallest absolute Gasteiger partial charge is 0.244 e. The highest BCUT2D eigenvalue weighted by Gasteiger charge is 2.19. The lowest BCUT2D eigenvalue weighted by Gasteiger charge is -2.28. The Kier molecular flexibility index (Phi) is 8.48. The van der Waals surface area contributed by atoms with Crippen molar-refractivity contribution in [3.05, 3.63) is 35.4 Å². The SMILES string of the molecule is C#CCNC(=NCC(=O)N1CCc2ccccc2C1)NCC.I. The van der Waals surface area contributed by atoms with Crippen LogP contribution in [0.4, 0.5) is 0 Å². The van der Waals surface area contributed by atoms with Gasteiger partial charge in [-0.05, 0) is 24.5 Å². The molecule has 0 atom stereocenters. The molecule has 23 heavy (non-hydrogen) atoms. The number of nitrogens with zero attached hydrogens (tertiary/aromatic N) is 2. The Balaban J connectivity index is 0.00000264. The van der Waals surface area contributed by atoms with Gasteiger partial charge in [0.1, 0.15) is 6.54 Å². The topological polar surface area (TPSA) is 56.7 Å². The molecular formula is C17H23IN4O. The minimum absolute atomic E-state index is 0. The molecule has 1 aromatic carbocycles. The van der Waals surface area contributed by atoms with Gasteiger partial charge in [-0.3, -0.25) is 4.79 Å². The van der Waals surface area contributed by atoms with Crippen molar-refractivity contribution in [1.29, 1.82) is 0 Å². The number of halogens is 1. The van der Waals surface area contributed by atoms with E-state index < -0.39 is 0 Å². The highest BCUT2D eigenvalue weighted by atomic mass is 127. The molecule has 1 aliphatic rings. The van der Waals surface area contributed by atoms with E-state index in [1.54, 1.807) is 0 Å². The number of rotatable bonds is 4. The zero-order chi connectivity index (χ0) is 15.8. The van der Waals surface area contributed by atoms with E-state index in [1.807, 2.05) is 24.0 Å². The Morgan fingerprint density at radius 1 is 1.35 bits per heavy atom. The molecule has 1 amide bonds. The van der Waals surface area contributed by atoms with E-state index in [9.17, 15) is 4.79 Å². The largest absolute Gasteiger partial charge is 0.357 e. The third kappa shape index (κ3) is 5.75. The second-order valence-electron chi connectivity index (χ2n) is 5.09. The zero-order valence-corrected chi connectivity index (χ0v) is 15.7. The van der Waals surface area contributed by atoms with Crippen LogP contribution in [0.15, 0.2) is 29.3 Å². The first-order chi connectivity index (χ1) is 10.7. The summed E-state index contributed by atoms with van der Waals surface area (Å²) >= 11 is 0. The lowest BCUT2D eigenvalue weighted by Crippen LogP contribution is -2.40. The van der Waals surface area contributed by atoms with Crippen LogP contribution in [-0.4, -0.2) is 42.9 Å². The lowest BCUT2D eigenvalue weighted by molar-refractivity contribution is -0.130. The fourth-order valence-electron chi connectivity index (χ4n) is 2.43. The number of benzene rings is 1. The van der Waals surface area contributed by atoms with Gasteiger partial charge in [0.05, 0.1) is 6.54 Å². The van der Waals surface area contributed by atoms with E-state index in [0.29, 0.717) is 19.0 Å². The van der Waals surface area contributed by atoms with Crippen molar-refractivity contribution in [2.75, 3.05) is 26.2 Å².